The molecule has 5 nitrogen and oxygen atoms in total. The molecule has 1 aromatic carbocycles. The average molecular weight is 406 g/mol. The molecule has 1 unspecified atom stereocenters. The Hall–Kier alpha value is -1.66. The first-order chi connectivity index (χ1) is 14.1. The maximum absolute atomic E-state index is 12.9. The van der Waals surface area contributed by atoms with Crippen LogP contribution in [0.4, 0.5) is 4.39 Å². The number of carbonyl (C=O) groups excluding carboxylic acids is 1. The van der Waals surface area contributed by atoms with E-state index in [4.69, 9.17) is 14.2 Å². The Morgan fingerprint density at radius 2 is 1.90 bits per heavy atom. The van der Waals surface area contributed by atoms with Crippen LogP contribution < -0.4 is 4.74 Å². The molecule has 0 aromatic heterocycles. The first-order valence-corrected chi connectivity index (χ1v) is 11.0. The Bertz CT molecular complexity index is 668. The number of benzene rings is 1. The number of halogens is 1. The number of carbonyl (C=O) groups is 1. The quantitative estimate of drug-likeness (QED) is 0.617. The number of hydrogen-bond donors (Lipinski definition) is 0. The van der Waals surface area contributed by atoms with Crippen molar-refractivity contribution >= 4 is 5.91 Å². The zero-order valence-corrected chi connectivity index (χ0v) is 17.1. The van der Waals surface area contributed by atoms with Gasteiger partial charge in [-0.3, -0.25) is 4.79 Å². The van der Waals surface area contributed by atoms with E-state index in [1.807, 2.05) is 4.90 Å². The summed E-state index contributed by atoms with van der Waals surface area (Å²) in [5.74, 6) is 1.66. The number of hydrogen-bond acceptors (Lipinski definition) is 4. The molecule has 4 rings (SSSR count). The van der Waals surface area contributed by atoms with Crippen LogP contribution in [0.3, 0.4) is 0 Å². The predicted molar refractivity (Wildman–Crippen MR) is 107 cm³/mol. The lowest BCUT2D eigenvalue weighted by molar-refractivity contribution is -0.149. The summed E-state index contributed by atoms with van der Waals surface area (Å²) < 4.78 is 30.5. The zero-order chi connectivity index (χ0) is 20.1. The highest BCUT2D eigenvalue weighted by molar-refractivity contribution is 5.77. The van der Waals surface area contributed by atoms with Gasteiger partial charge in [0.1, 0.15) is 11.6 Å². The third-order valence-electron chi connectivity index (χ3n) is 6.52. The minimum absolute atomic E-state index is 0.0134. The van der Waals surface area contributed by atoms with E-state index in [1.54, 1.807) is 0 Å². The van der Waals surface area contributed by atoms with Crippen molar-refractivity contribution in [3.63, 3.8) is 0 Å². The van der Waals surface area contributed by atoms with Crippen LogP contribution in [-0.2, 0) is 14.3 Å². The predicted octanol–water partition coefficient (Wildman–Crippen LogP) is 3.81. The van der Waals surface area contributed by atoms with Gasteiger partial charge in [0.15, 0.2) is 6.61 Å². The minimum Gasteiger partial charge on any atom is -0.484 e. The maximum atomic E-state index is 12.9. The van der Waals surface area contributed by atoms with Gasteiger partial charge in [0.05, 0.1) is 5.60 Å². The molecule has 3 fully saturated rings. The summed E-state index contributed by atoms with van der Waals surface area (Å²) in [5.41, 5.74) is -0.0754. The second-order valence-corrected chi connectivity index (χ2v) is 8.82. The van der Waals surface area contributed by atoms with Crippen molar-refractivity contribution in [2.45, 2.75) is 50.5 Å². The Labute approximate surface area is 172 Å². The molecule has 3 aliphatic rings. The molecule has 0 bridgehead atoms. The number of nitrogens with zero attached hydrogens (tertiary/aromatic N) is 1. The zero-order valence-electron chi connectivity index (χ0n) is 17.1. The maximum Gasteiger partial charge on any atom is 0.260 e. The van der Waals surface area contributed by atoms with Gasteiger partial charge in [0.2, 0.25) is 0 Å². The van der Waals surface area contributed by atoms with E-state index in [1.165, 1.54) is 37.1 Å². The first-order valence-electron chi connectivity index (χ1n) is 11.0. The van der Waals surface area contributed by atoms with Gasteiger partial charge in [-0.2, -0.15) is 0 Å². The van der Waals surface area contributed by atoms with E-state index in [9.17, 15) is 9.18 Å². The van der Waals surface area contributed by atoms with E-state index in [0.29, 0.717) is 24.8 Å². The van der Waals surface area contributed by atoms with Crippen molar-refractivity contribution in [2.75, 3.05) is 39.5 Å². The van der Waals surface area contributed by atoms with Crippen LogP contribution in [0, 0.1) is 17.7 Å². The summed E-state index contributed by atoms with van der Waals surface area (Å²) in [6.07, 6.45) is 7.75. The van der Waals surface area contributed by atoms with Crippen molar-refractivity contribution in [3.8, 4) is 5.75 Å². The Morgan fingerprint density at radius 1 is 1.14 bits per heavy atom. The standard InChI is InChI=1S/C23H32FNO4/c24-20-3-5-21(6-4-20)28-17-22(26)25-11-9-23(10-12-25)15-18(8-14-29-23)7-13-27-16-19-1-2-19/h3-6,18-19H,1-2,7-17H2. The number of ether oxygens (including phenoxy) is 3. The lowest BCUT2D eigenvalue weighted by Gasteiger charge is -2.46. The molecule has 6 heteroatoms. The Kier molecular flexibility index (Phi) is 6.70. The molecule has 1 amide bonds. The summed E-state index contributed by atoms with van der Waals surface area (Å²) in [6.45, 7) is 4.01. The van der Waals surface area contributed by atoms with Crippen LogP contribution in [0.25, 0.3) is 0 Å². The normalized spacial score (nSPS) is 23.9. The topological polar surface area (TPSA) is 48.0 Å². The molecule has 2 saturated heterocycles. The highest BCUT2D eigenvalue weighted by atomic mass is 19.1. The fourth-order valence-electron chi connectivity index (χ4n) is 4.44. The molecule has 1 aromatic rings. The van der Waals surface area contributed by atoms with E-state index in [2.05, 4.69) is 0 Å². The van der Waals surface area contributed by atoms with E-state index in [0.717, 1.165) is 57.8 Å². The summed E-state index contributed by atoms with van der Waals surface area (Å²) in [4.78, 5) is 14.3. The van der Waals surface area contributed by atoms with Crippen LogP contribution >= 0.6 is 0 Å². The van der Waals surface area contributed by atoms with Crippen molar-refractivity contribution in [3.05, 3.63) is 30.1 Å². The van der Waals surface area contributed by atoms with E-state index >= 15 is 0 Å². The molecule has 0 radical (unpaired) electrons. The average Bonchev–Trinajstić information content (AvgIpc) is 3.56. The van der Waals surface area contributed by atoms with Crippen molar-refractivity contribution in [2.24, 2.45) is 11.8 Å². The third kappa shape index (κ3) is 5.92. The second-order valence-electron chi connectivity index (χ2n) is 8.82. The Morgan fingerprint density at radius 3 is 2.62 bits per heavy atom. The molecule has 160 valence electrons. The van der Waals surface area contributed by atoms with Crippen molar-refractivity contribution in [1.29, 1.82) is 0 Å². The van der Waals surface area contributed by atoms with Crippen LogP contribution in [0.5, 0.6) is 5.75 Å². The fraction of sp³-hybridized carbons (Fsp3) is 0.696. The highest BCUT2D eigenvalue weighted by Crippen LogP contribution is 2.39. The molecule has 1 spiro atoms. The SMILES string of the molecule is O=C(COc1ccc(F)cc1)N1CCC2(CC1)CC(CCOCC1CC1)CCO2. The molecule has 2 aliphatic heterocycles. The van der Waals surface area contributed by atoms with Gasteiger partial charge in [-0.1, -0.05) is 0 Å². The summed E-state index contributed by atoms with van der Waals surface area (Å²) in [7, 11) is 0. The lowest BCUT2D eigenvalue weighted by atomic mass is 9.78. The smallest absolute Gasteiger partial charge is 0.260 e. The number of piperidine rings is 1. The van der Waals surface area contributed by atoms with Crippen LogP contribution in [0.2, 0.25) is 0 Å². The van der Waals surface area contributed by atoms with Gasteiger partial charge in [0, 0.05) is 32.9 Å². The fourth-order valence-corrected chi connectivity index (χ4v) is 4.44. The van der Waals surface area contributed by atoms with Gasteiger partial charge in [-0.15, -0.1) is 0 Å². The van der Waals surface area contributed by atoms with Crippen molar-refractivity contribution < 1.29 is 23.4 Å². The molecule has 1 atom stereocenters. The second kappa shape index (κ2) is 9.43. The van der Waals surface area contributed by atoms with Gasteiger partial charge in [0.25, 0.3) is 5.91 Å². The summed E-state index contributed by atoms with van der Waals surface area (Å²) in [5, 5.41) is 0. The van der Waals surface area contributed by atoms with Gasteiger partial charge < -0.3 is 19.1 Å². The lowest BCUT2D eigenvalue weighted by Crippen LogP contribution is -2.51. The number of amides is 1. The molecule has 1 saturated carbocycles. The van der Waals surface area contributed by atoms with E-state index < -0.39 is 0 Å². The van der Waals surface area contributed by atoms with E-state index in [-0.39, 0.29) is 23.9 Å². The molecule has 2 heterocycles. The molecule has 1 aliphatic carbocycles. The largest absolute Gasteiger partial charge is 0.484 e. The van der Waals surface area contributed by atoms with Crippen LogP contribution in [0.15, 0.2) is 24.3 Å². The molecular weight excluding hydrogens is 373 g/mol. The third-order valence-corrected chi connectivity index (χ3v) is 6.52. The van der Waals surface area contributed by atoms with Gasteiger partial charge in [-0.25, -0.2) is 4.39 Å². The van der Waals surface area contributed by atoms with Crippen LogP contribution in [0.1, 0.15) is 44.9 Å². The van der Waals surface area contributed by atoms with Gasteiger partial charge >= 0.3 is 0 Å². The van der Waals surface area contributed by atoms with Crippen LogP contribution in [-0.4, -0.2) is 55.9 Å². The first kappa shape index (κ1) is 20.6. The minimum atomic E-state index is -0.315. The summed E-state index contributed by atoms with van der Waals surface area (Å²) in [6, 6.07) is 5.74. The number of rotatable bonds is 8. The molecule has 29 heavy (non-hydrogen) atoms. The Balaban J connectivity index is 1.18. The molecule has 0 N–H and O–H groups in total. The summed E-state index contributed by atoms with van der Waals surface area (Å²) >= 11 is 0. The monoisotopic (exact) mass is 405 g/mol. The van der Waals surface area contributed by atoms with Gasteiger partial charge in [-0.05, 0) is 81.0 Å². The van der Waals surface area contributed by atoms with Crippen molar-refractivity contribution in [1.82, 2.24) is 4.90 Å². The number of likely N-dealkylation sites (tertiary alicyclic amines) is 1. The highest BCUT2D eigenvalue weighted by Gasteiger charge is 2.41. The molecular formula is C23H32FNO4.